The fourth-order valence-electron chi connectivity index (χ4n) is 3.75. The number of halogens is 1. The Balaban J connectivity index is 1.88. The molecule has 0 aliphatic rings. The molecule has 0 fully saturated rings. The van der Waals surface area contributed by atoms with Crippen molar-refractivity contribution >= 4 is 11.6 Å². The summed E-state index contributed by atoms with van der Waals surface area (Å²) in [5.41, 5.74) is 6.09. The Hall–Kier alpha value is -4.02. The third-order valence-electron chi connectivity index (χ3n) is 5.23. The molecule has 0 atom stereocenters. The second-order valence-electron chi connectivity index (χ2n) is 7.35. The zero-order chi connectivity index (χ0) is 22.1. The summed E-state index contributed by atoms with van der Waals surface area (Å²) < 4.78 is 1.88. The molecule has 32 heavy (non-hydrogen) atoms. The van der Waals surface area contributed by atoms with Gasteiger partial charge in [0.15, 0.2) is 0 Å². The summed E-state index contributed by atoms with van der Waals surface area (Å²) in [7, 11) is 0. The molecule has 2 N–H and O–H groups in total. The summed E-state index contributed by atoms with van der Waals surface area (Å²) in [5.74, 6) is 0.381. The third kappa shape index (κ3) is 3.72. The largest absolute Gasteiger partial charge is 0.508 e. The summed E-state index contributed by atoms with van der Waals surface area (Å²) in [6.07, 6.45) is 0. The van der Waals surface area contributed by atoms with Crippen LogP contribution in [0.15, 0.2) is 97.1 Å². The van der Waals surface area contributed by atoms with Gasteiger partial charge in [0, 0.05) is 21.7 Å². The predicted molar refractivity (Wildman–Crippen MR) is 127 cm³/mol. The number of hydrogen-bond donors (Lipinski definition) is 2. The first-order valence-corrected chi connectivity index (χ1v) is 10.4. The predicted octanol–water partition coefficient (Wildman–Crippen LogP) is 6.74. The molecule has 1 radical (unpaired) electrons. The highest BCUT2D eigenvalue weighted by molar-refractivity contribution is 6.30. The standard InChI is InChI=1S/C27H18ClN2O2/c28-21-7-4-8-22(17-21)30-27(20-5-2-1-3-6-20)25(18-9-13-23(31)14-10-18)26(29-30)19-11-15-24(32)16-12-19/h2-17,31-32H. The van der Waals surface area contributed by atoms with E-state index in [1.54, 1.807) is 24.3 Å². The molecule has 155 valence electrons. The Bertz CT molecular complexity index is 1380. The maximum atomic E-state index is 9.85. The van der Waals surface area contributed by atoms with Crippen molar-refractivity contribution in [3.05, 3.63) is 108 Å². The van der Waals surface area contributed by atoms with Crippen LogP contribution in [0.5, 0.6) is 11.5 Å². The molecular formula is C27H18ClN2O2. The van der Waals surface area contributed by atoms with Crippen LogP contribution in [0.1, 0.15) is 0 Å². The summed E-state index contributed by atoms with van der Waals surface area (Å²) in [6, 6.07) is 32.4. The Morgan fingerprint density at radius 1 is 0.719 bits per heavy atom. The molecule has 0 spiro atoms. The normalized spacial score (nSPS) is 10.9. The van der Waals surface area contributed by atoms with Crippen LogP contribution in [-0.2, 0) is 0 Å². The lowest BCUT2D eigenvalue weighted by Crippen LogP contribution is -1.99. The number of hydrogen-bond acceptors (Lipinski definition) is 3. The first-order chi connectivity index (χ1) is 15.6. The molecule has 1 heterocycles. The van der Waals surface area contributed by atoms with Crippen molar-refractivity contribution in [1.29, 1.82) is 0 Å². The van der Waals surface area contributed by atoms with E-state index in [0.717, 1.165) is 39.3 Å². The Labute approximate surface area is 190 Å². The van der Waals surface area contributed by atoms with Gasteiger partial charge in [-0.3, -0.25) is 0 Å². The molecule has 0 bridgehead atoms. The zero-order valence-corrected chi connectivity index (χ0v) is 17.7. The van der Waals surface area contributed by atoms with Gasteiger partial charge in [0.2, 0.25) is 0 Å². The molecule has 5 heteroatoms. The van der Waals surface area contributed by atoms with Crippen molar-refractivity contribution in [1.82, 2.24) is 9.78 Å². The van der Waals surface area contributed by atoms with E-state index in [0.29, 0.717) is 5.02 Å². The van der Waals surface area contributed by atoms with Crippen LogP contribution in [0.3, 0.4) is 0 Å². The molecule has 0 aliphatic heterocycles. The van der Waals surface area contributed by atoms with Gasteiger partial charge in [0.1, 0.15) is 17.2 Å². The van der Waals surface area contributed by atoms with Gasteiger partial charge >= 0.3 is 0 Å². The Kier molecular flexibility index (Phi) is 5.13. The minimum absolute atomic E-state index is 0.188. The van der Waals surface area contributed by atoms with Gasteiger partial charge in [0.05, 0.1) is 11.4 Å². The monoisotopic (exact) mass is 437 g/mol. The van der Waals surface area contributed by atoms with Gasteiger partial charge < -0.3 is 10.2 Å². The quantitative estimate of drug-likeness (QED) is 0.327. The molecular weight excluding hydrogens is 420 g/mol. The van der Waals surface area contributed by atoms with E-state index in [9.17, 15) is 10.2 Å². The van der Waals surface area contributed by atoms with Crippen LogP contribution in [0.25, 0.3) is 39.3 Å². The number of phenols is 2. The van der Waals surface area contributed by atoms with Crippen molar-refractivity contribution in [3.63, 3.8) is 0 Å². The molecule has 5 rings (SSSR count). The first-order valence-electron chi connectivity index (χ1n) is 10.0. The smallest absolute Gasteiger partial charge is 0.115 e. The summed E-state index contributed by atoms with van der Waals surface area (Å²) in [6.45, 7) is 0. The average Bonchev–Trinajstić information content (AvgIpc) is 3.21. The van der Waals surface area contributed by atoms with E-state index in [1.807, 2.05) is 77.5 Å². The Morgan fingerprint density at radius 3 is 1.97 bits per heavy atom. The highest BCUT2D eigenvalue weighted by atomic mass is 35.5. The van der Waals surface area contributed by atoms with E-state index >= 15 is 0 Å². The Morgan fingerprint density at radius 2 is 1.34 bits per heavy atom. The maximum Gasteiger partial charge on any atom is 0.115 e. The van der Waals surface area contributed by atoms with Gasteiger partial charge in [-0.2, -0.15) is 5.10 Å². The highest BCUT2D eigenvalue weighted by Crippen LogP contribution is 2.42. The van der Waals surface area contributed by atoms with Crippen molar-refractivity contribution in [3.8, 4) is 50.8 Å². The van der Waals surface area contributed by atoms with Crippen LogP contribution < -0.4 is 0 Å². The van der Waals surface area contributed by atoms with Gasteiger partial charge in [0.25, 0.3) is 0 Å². The molecule has 0 saturated carbocycles. The van der Waals surface area contributed by atoms with Crippen LogP contribution in [-0.4, -0.2) is 20.0 Å². The number of benzene rings is 4. The van der Waals surface area contributed by atoms with Crippen LogP contribution in [0.2, 0.25) is 5.02 Å². The van der Waals surface area contributed by atoms with Gasteiger partial charge in [-0.25, -0.2) is 4.68 Å². The molecule has 0 saturated heterocycles. The average molecular weight is 438 g/mol. The minimum atomic E-state index is 0.188. The van der Waals surface area contributed by atoms with Gasteiger partial charge in [-0.15, -0.1) is 0 Å². The maximum absolute atomic E-state index is 9.85. The molecule has 5 aromatic rings. The van der Waals surface area contributed by atoms with Crippen molar-refractivity contribution in [2.24, 2.45) is 0 Å². The number of nitrogens with zero attached hydrogens (tertiary/aromatic N) is 2. The lowest BCUT2D eigenvalue weighted by atomic mass is 9.95. The van der Waals surface area contributed by atoms with Crippen LogP contribution in [0, 0.1) is 6.07 Å². The van der Waals surface area contributed by atoms with Crippen molar-refractivity contribution in [2.75, 3.05) is 0 Å². The topological polar surface area (TPSA) is 58.3 Å². The zero-order valence-electron chi connectivity index (χ0n) is 16.9. The second kappa shape index (κ2) is 8.25. The third-order valence-corrected chi connectivity index (χ3v) is 5.46. The first kappa shape index (κ1) is 19.9. The number of rotatable bonds is 4. The van der Waals surface area contributed by atoms with E-state index in [2.05, 4.69) is 6.07 Å². The van der Waals surface area contributed by atoms with Crippen LogP contribution >= 0.6 is 11.6 Å². The summed E-state index contributed by atoms with van der Waals surface area (Å²) in [5, 5.41) is 25.3. The molecule has 0 amide bonds. The minimum Gasteiger partial charge on any atom is -0.508 e. The van der Waals surface area contributed by atoms with E-state index in [1.165, 1.54) is 0 Å². The van der Waals surface area contributed by atoms with Gasteiger partial charge in [-0.1, -0.05) is 54.1 Å². The fraction of sp³-hybridized carbons (Fsp3) is 0. The molecule has 0 unspecified atom stereocenters. The fourth-order valence-corrected chi connectivity index (χ4v) is 3.93. The summed E-state index contributed by atoms with van der Waals surface area (Å²) >= 11 is 6.31. The number of aromatic hydroxyl groups is 2. The SMILES string of the molecule is Oc1ccc(-c2nn(-c3cccc(Cl)c3)c(-c3cc[c]cc3)c2-c2ccc(O)cc2)cc1. The summed E-state index contributed by atoms with van der Waals surface area (Å²) in [4.78, 5) is 0. The van der Waals surface area contributed by atoms with Crippen LogP contribution in [0.4, 0.5) is 0 Å². The molecule has 1 aromatic heterocycles. The molecule has 0 aliphatic carbocycles. The lowest BCUT2D eigenvalue weighted by Gasteiger charge is -2.11. The molecule has 4 nitrogen and oxygen atoms in total. The molecule has 4 aromatic carbocycles. The van der Waals surface area contributed by atoms with E-state index < -0.39 is 0 Å². The van der Waals surface area contributed by atoms with Crippen molar-refractivity contribution in [2.45, 2.75) is 0 Å². The number of phenolic OH excluding ortho intramolecular Hbond substituents is 2. The lowest BCUT2D eigenvalue weighted by molar-refractivity contribution is 0.475. The number of aromatic nitrogens is 2. The van der Waals surface area contributed by atoms with Gasteiger partial charge in [-0.05, 0) is 66.2 Å². The van der Waals surface area contributed by atoms with E-state index in [4.69, 9.17) is 16.7 Å². The van der Waals surface area contributed by atoms with E-state index in [-0.39, 0.29) is 11.5 Å². The second-order valence-corrected chi connectivity index (χ2v) is 7.78. The highest BCUT2D eigenvalue weighted by Gasteiger charge is 2.23. The van der Waals surface area contributed by atoms with Crippen molar-refractivity contribution < 1.29 is 10.2 Å².